The van der Waals surface area contributed by atoms with Crippen molar-refractivity contribution in [2.75, 3.05) is 6.54 Å². The van der Waals surface area contributed by atoms with Gasteiger partial charge in [0.2, 0.25) is 5.91 Å². The van der Waals surface area contributed by atoms with Crippen molar-refractivity contribution in [2.45, 2.75) is 32.7 Å². The van der Waals surface area contributed by atoms with E-state index in [1.54, 1.807) is 0 Å². The minimum absolute atomic E-state index is 0.124. The Balaban J connectivity index is 2.10. The van der Waals surface area contributed by atoms with Crippen LogP contribution in [0.4, 0.5) is 0 Å². The number of aromatic amines is 1. The molecular weight excluding hydrogens is 250 g/mol. The molecular formula is C16H22N3O+. The van der Waals surface area contributed by atoms with Crippen molar-refractivity contribution < 1.29 is 9.36 Å². The van der Waals surface area contributed by atoms with Gasteiger partial charge in [-0.2, -0.15) is 0 Å². The molecule has 0 spiro atoms. The summed E-state index contributed by atoms with van der Waals surface area (Å²) in [6.07, 6.45) is 4.16. The molecule has 0 aliphatic heterocycles. The third-order valence-corrected chi connectivity index (χ3v) is 3.27. The zero-order valence-corrected chi connectivity index (χ0v) is 12.0. The zero-order valence-electron chi connectivity index (χ0n) is 12.0. The van der Waals surface area contributed by atoms with Crippen LogP contribution >= 0.6 is 0 Å². The van der Waals surface area contributed by atoms with E-state index in [4.69, 9.17) is 0 Å². The number of H-pyrrole nitrogens is 1. The number of carbonyl (C=O) groups excluding carboxylic acids is 1. The molecule has 0 atom stereocenters. The summed E-state index contributed by atoms with van der Waals surface area (Å²) in [4.78, 5) is 14.9. The van der Waals surface area contributed by atoms with Crippen molar-refractivity contribution in [3.63, 3.8) is 0 Å². The normalized spacial score (nSPS) is 10.7. The summed E-state index contributed by atoms with van der Waals surface area (Å²) in [7, 11) is 0. The molecule has 1 aromatic carbocycles. The number of hydrogen-bond donors (Lipinski definition) is 2. The van der Waals surface area contributed by atoms with Crippen LogP contribution in [0.3, 0.4) is 0 Å². The predicted octanol–water partition coefficient (Wildman–Crippen LogP) is 2.10. The maximum Gasteiger partial charge on any atom is 0.257 e. The molecule has 0 radical (unpaired) electrons. The smallest absolute Gasteiger partial charge is 0.257 e. The molecule has 2 aromatic rings. The first-order valence-electron chi connectivity index (χ1n) is 7.13. The lowest BCUT2D eigenvalue weighted by molar-refractivity contribution is -0.668. The topological polar surface area (TPSA) is 48.8 Å². The molecule has 2 N–H and O–H groups in total. The summed E-state index contributed by atoms with van der Waals surface area (Å²) < 4.78 is 2.20. The van der Waals surface area contributed by atoms with Crippen molar-refractivity contribution >= 4 is 16.9 Å². The highest BCUT2D eigenvalue weighted by Gasteiger charge is 2.16. The van der Waals surface area contributed by atoms with Crippen LogP contribution in [0.2, 0.25) is 0 Å². The molecule has 1 amide bonds. The van der Waals surface area contributed by atoms with Gasteiger partial charge in [-0.3, -0.25) is 4.79 Å². The maximum atomic E-state index is 11.5. The Bertz CT molecular complexity index is 601. The number of para-hydroxylation sites is 2. The van der Waals surface area contributed by atoms with Crippen LogP contribution in [-0.4, -0.2) is 17.4 Å². The summed E-state index contributed by atoms with van der Waals surface area (Å²) in [6, 6.07) is 8.20. The second-order valence-corrected chi connectivity index (χ2v) is 4.84. The Labute approximate surface area is 119 Å². The summed E-state index contributed by atoms with van der Waals surface area (Å²) in [5.41, 5.74) is 2.28. The lowest BCUT2D eigenvalue weighted by Crippen LogP contribution is -2.38. The van der Waals surface area contributed by atoms with Gasteiger partial charge in [0.25, 0.3) is 5.82 Å². The number of hydrogen-bond acceptors (Lipinski definition) is 1. The number of nitrogens with zero attached hydrogens (tertiary/aromatic N) is 1. The highest BCUT2D eigenvalue weighted by atomic mass is 16.1. The van der Waals surface area contributed by atoms with E-state index in [2.05, 4.69) is 33.6 Å². The van der Waals surface area contributed by atoms with Crippen molar-refractivity contribution in [2.24, 2.45) is 0 Å². The molecule has 20 heavy (non-hydrogen) atoms. The van der Waals surface area contributed by atoms with Crippen LogP contribution in [0.15, 0.2) is 36.9 Å². The quantitative estimate of drug-likeness (QED) is 0.588. The first kappa shape index (κ1) is 14.3. The van der Waals surface area contributed by atoms with Gasteiger partial charge in [0, 0.05) is 13.0 Å². The second kappa shape index (κ2) is 6.89. The van der Waals surface area contributed by atoms with Gasteiger partial charge in [-0.05, 0) is 18.6 Å². The summed E-state index contributed by atoms with van der Waals surface area (Å²) in [5, 5.41) is 2.95. The standard InChI is InChI=1S/C16H21N3O/c1-3-7-16(20)17-11-10-15-18-13-8-5-6-9-14(13)19(15)12-4-2/h4-6,8-9H,2-3,7,10-12H2,1H3,(H,17,20)/p+1. The zero-order chi connectivity index (χ0) is 14.4. The fourth-order valence-corrected chi connectivity index (χ4v) is 2.35. The van der Waals surface area contributed by atoms with Gasteiger partial charge in [-0.1, -0.05) is 31.7 Å². The molecule has 0 aliphatic rings. The largest absolute Gasteiger partial charge is 0.355 e. The monoisotopic (exact) mass is 272 g/mol. The maximum absolute atomic E-state index is 11.5. The number of amides is 1. The van der Waals surface area contributed by atoms with Crippen molar-refractivity contribution in [3.8, 4) is 0 Å². The average Bonchev–Trinajstić information content (AvgIpc) is 2.78. The van der Waals surface area contributed by atoms with Gasteiger partial charge < -0.3 is 5.32 Å². The second-order valence-electron chi connectivity index (χ2n) is 4.84. The van der Waals surface area contributed by atoms with Crippen molar-refractivity contribution in [1.29, 1.82) is 0 Å². The number of fused-ring (bicyclic) bond motifs is 1. The molecule has 0 saturated carbocycles. The van der Waals surface area contributed by atoms with Crippen LogP contribution in [-0.2, 0) is 17.8 Å². The van der Waals surface area contributed by atoms with E-state index in [9.17, 15) is 4.79 Å². The van der Waals surface area contributed by atoms with Gasteiger partial charge in [-0.15, -0.1) is 0 Å². The van der Waals surface area contributed by atoms with Gasteiger partial charge in [0.15, 0.2) is 11.0 Å². The lowest BCUT2D eigenvalue weighted by Gasteiger charge is -2.02. The van der Waals surface area contributed by atoms with E-state index in [0.717, 1.165) is 30.7 Å². The fraction of sp³-hybridized carbons (Fsp3) is 0.375. The third kappa shape index (κ3) is 3.26. The fourth-order valence-electron chi connectivity index (χ4n) is 2.35. The number of rotatable bonds is 7. The molecule has 0 aliphatic carbocycles. The van der Waals surface area contributed by atoms with Crippen LogP contribution in [0, 0.1) is 0 Å². The highest BCUT2D eigenvalue weighted by Crippen LogP contribution is 2.09. The molecule has 0 bridgehead atoms. The Hall–Kier alpha value is -2.10. The highest BCUT2D eigenvalue weighted by molar-refractivity contribution is 5.75. The molecule has 1 heterocycles. The Kier molecular flexibility index (Phi) is 4.93. The van der Waals surface area contributed by atoms with Crippen LogP contribution < -0.4 is 9.88 Å². The Morgan fingerprint density at radius 3 is 3.00 bits per heavy atom. The number of carbonyl (C=O) groups is 1. The molecule has 0 saturated heterocycles. The van der Waals surface area contributed by atoms with E-state index < -0.39 is 0 Å². The van der Waals surface area contributed by atoms with Crippen LogP contribution in [0.1, 0.15) is 25.6 Å². The third-order valence-electron chi connectivity index (χ3n) is 3.27. The lowest BCUT2D eigenvalue weighted by atomic mass is 10.3. The summed E-state index contributed by atoms with van der Waals surface area (Å²) in [5.74, 6) is 1.24. The minimum atomic E-state index is 0.124. The molecule has 4 nitrogen and oxygen atoms in total. The van der Waals surface area contributed by atoms with Gasteiger partial charge >= 0.3 is 0 Å². The number of nitrogens with one attached hydrogen (secondary N) is 2. The molecule has 2 rings (SSSR count). The van der Waals surface area contributed by atoms with Gasteiger partial charge in [0.1, 0.15) is 6.54 Å². The van der Waals surface area contributed by atoms with E-state index in [1.165, 1.54) is 5.52 Å². The molecule has 0 fully saturated rings. The first-order chi connectivity index (χ1) is 9.76. The molecule has 1 aromatic heterocycles. The first-order valence-corrected chi connectivity index (χ1v) is 7.13. The average molecular weight is 272 g/mol. The Morgan fingerprint density at radius 2 is 2.25 bits per heavy atom. The summed E-state index contributed by atoms with van der Waals surface area (Å²) >= 11 is 0. The van der Waals surface area contributed by atoms with Crippen LogP contribution in [0.25, 0.3) is 11.0 Å². The molecule has 106 valence electrons. The molecule has 4 heteroatoms. The van der Waals surface area contributed by atoms with Crippen molar-refractivity contribution in [3.05, 3.63) is 42.7 Å². The number of allylic oxidation sites excluding steroid dienone is 1. The molecule has 0 unspecified atom stereocenters. The van der Waals surface area contributed by atoms with E-state index in [0.29, 0.717) is 13.0 Å². The van der Waals surface area contributed by atoms with E-state index in [1.807, 2.05) is 25.1 Å². The SMILES string of the molecule is C=CC[n+]1c(CCNC(=O)CCC)[nH]c2ccccc21. The minimum Gasteiger partial charge on any atom is -0.355 e. The van der Waals surface area contributed by atoms with E-state index in [-0.39, 0.29) is 5.91 Å². The van der Waals surface area contributed by atoms with Gasteiger partial charge in [-0.25, -0.2) is 9.55 Å². The summed E-state index contributed by atoms with van der Waals surface area (Å²) in [6.45, 7) is 7.24. The van der Waals surface area contributed by atoms with E-state index >= 15 is 0 Å². The predicted molar refractivity (Wildman–Crippen MR) is 80.3 cm³/mol. The van der Waals surface area contributed by atoms with Crippen LogP contribution in [0.5, 0.6) is 0 Å². The van der Waals surface area contributed by atoms with Crippen molar-refractivity contribution in [1.82, 2.24) is 10.3 Å². The Morgan fingerprint density at radius 1 is 1.45 bits per heavy atom. The number of aromatic nitrogens is 2. The number of benzene rings is 1. The number of imidazole rings is 1. The van der Waals surface area contributed by atoms with Gasteiger partial charge in [0.05, 0.1) is 6.42 Å².